The summed E-state index contributed by atoms with van der Waals surface area (Å²) in [6.07, 6.45) is 2.52. The Morgan fingerprint density at radius 2 is 1.83 bits per heavy atom. The molecule has 3 rings (SSSR count). The van der Waals surface area contributed by atoms with Crippen molar-refractivity contribution in [1.29, 1.82) is 0 Å². The zero-order chi connectivity index (χ0) is 26.1. The number of benzene rings is 2. The highest BCUT2D eigenvalue weighted by Crippen LogP contribution is 2.39. The second-order valence-corrected chi connectivity index (χ2v) is 7.96. The summed E-state index contributed by atoms with van der Waals surface area (Å²) in [4.78, 5) is 48.3. The number of rotatable bonds is 9. The molecule has 1 heterocycles. The molecule has 12 heteroatoms. The fraction of sp³-hybridized carbons (Fsp3) is 0.0833. The summed E-state index contributed by atoms with van der Waals surface area (Å²) >= 11 is 1.36. The quantitative estimate of drug-likeness (QED) is 0.112. The molecule has 11 nitrogen and oxygen atoms in total. The summed E-state index contributed by atoms with van der Waals surface area (Å²) in [5.41, 5.74) is 1.98. The molecule has 1 aromatic heterocycles. The standard InChI is InChI=1S/C24H20N4O7S/c1-15(29)35-20-11-10-17(21(28(32)33)22(20)34-2)14-25-27-24(31)19(13-18-9-6-12-36-18)26-23(30)16-7-4-3-5-8-16/h3-14H,1-2H3,(H,26,30)(H,27,31). The predicted molar refractivity (Wildman–Crippen MR) is 133 cm³/mol. The largest absolute Gasteiger partial charge is 0.488 e. The van der Waals surface area contributed by atoms with E-state index >= 15 is 0 Å². The first-order valence-corrected chi connectivity index (χ1v) is 11.2. The van der Waals surface area contributed by atoms with E-state index in [-0.39, 0.29) is 22.8 Å². The van der Waals surface area contributed by atoms with Gasteiger partial charge in [-0.3, -0.25) is 24.5 Å². The first-order chi connectivity index (χ1) is 17.3. The number of hydrogen-bond donors (Lipinski definition) is 2. The molecule has 0 fully saturated rings. The van der Waals surface area contributed by atoms with Gasteiger partial charge in [0, 0.05) is 17.4 Å². The van der Waals surface area contributed by atoms with Crippen LogP contribution < -0.4 is 20.2 Å². The monoisotopic (exact) mass is 508 g/mol. The number of methoxy groups -OCH3 is 1. The lowest BCUT2D eigenvalue weighted by atomic mass is 10.1. The van der Waals surface area contributed by atoms with Crippen LogP contribution in [0.15, 0.2) is 70.8 Å². The van der Waals surface area contributed by atoms with Gasteiger partial charge in [0.15, 0.2) is 5.75 Å². The third-order valence-electron chi connectivity index (χ3n) is 4.50. The van der Waals surface area contributed by atoms with E-state index < -0.39 is 28.4 Å². The van der Waals surface area contributed by atoms with Crippen molar-refractivity contribution < 1.29 is 28.8 Å². The minimum atomic E-state index is -0.755. The zero-order valence-electron chi connectivity index (χ0n) is 19.1. The second kappa shape index (κ2) is 12.0. The van der Waals surface area contributed by atoms with Gasteiger partial charge in [0.2, 0.25) is 5.75 Å². The normalized spacial score (nSPS) is 11.1. The second-order valence-electron chi connectivity index (χ2n) is 6.98. The summed E-state index contributed by atoms with van der Waals surface area (Å²) in [5.74, 6) is -2.35. The third-order valence-corrected chi connectivity index (χ3v) is 5.31. The molecular formula is C24H20N4O7S. The Morgan fingerprint density at radius 1 is 1.08 bits per heavy atom. The number of nitro groups is 1. The molecule has 36 heavy (non-hydrogen) atoms. The number of hydrogen-bond acceptors (Lipinski definition) is 9. The third kappa shape index (κ3) is 6.61. The van der Waals surface area contributed by atoms with Crippen molar-refractivity contribution in [2.45, 2.75) is 6.92 Å². The topological polar surface area (TPSA) is 149 Å². The lowest BCUT2D eigenvalue weighted by molar-refractivity contribution is -0.385. The van der Waals surface area contributed by atoms with Gasteiger partial charge in [0.05, 0.1) is 23.8 Å². The van der Waals surface area contributed by atoms with E-state index in [1.54, 1.807) is 42.5 Å². The Hall–Kier alpha value is -4.84. The molecular weight excluding hydrogens is 488 g/mol. The Morgan fingerprint density at radius 3 is 2.44 bits per heavy atom. The van der Waals surface area contributed by atoms with Crippen molar-refractivity contribution in [3.8, 4) is 11.5 Å². The average Bonchev–Trinajstić information content (AvgIpc) is 3.37. The van der Waals surface area contributed by atoms with Crippen LogP contribution in [-0.4, -0.2) is 36.0 Å². The van der Waals surface area contributed by atoms with Crippen molar-refractivity contribution in [3.63, 3.8) is 0 Å². The van der Waals surface area contributed by atoms with Gasteiger partial charge in [-0.15, -0.1) is 11.3 Å². The first-order valence-electron chi connectivity index (χ1n) is 10.3. The molecule has 3 aromatic rings. The number of hydrazone groups is 1. The molecule has 0 saturated carbocycles. The van der Waals surface area contributed by atoms with E-state index in [1.165, 1.54) is 36.7 Å². The van der Waals surface area contributed by atoms with Crippen LogP contribution in [0.2, 0.25) is 0 Å². The molecule has 0 saturated heterocycles. The minimum Gasteiger partial charge on any atom is -0.488 e. The Labute approximate surface area is 209 Å². The van der Waals surface area contributed by atoms with Gasteiger partial charge in [0.1, 0.15) is 5.70 Å². The van der Waals surface area contributed by atoms with Crippen LogP contribution >= 0.6 is 11.3 Å². The first kappa shape index (κ1) is 25.8. The molecule has 0 spiro atoms. The van der Waals surface area contributed by atoms with E-state index in [1.807, 2.05) is 5.38 Å². The maximum absolute atomic E-state index is 12.8. The molecule has 0 aliphatic heterocycles. The molecule has 0 radical (unpaired) electrons. The number of nitro benzene ring substituents is 1. The van der Waals surface area contributed by atoms with Crippen LogP contribution in [0.3, 0.4) is 0 Å². The van der Waals surface area contributed by atoms with Crippen molar-refractivity contribution in [1.82, 2.24) is 10.7 Å². The molecule has 0 bridgehead atoms. The highest BCUT2D eigenvalue weighted by Gasteiger charge is 2.25. The van der Waals surface area contributed by atoms with Crippen LogP contribution in [0.1, 0.15) is 27.7 Å². The maximum Gasteiger partial charge on any atom is 0.323 e. The van der Waals surface area contributed by atoms with Crippen molar-refractivity contribution >= 4 is 47.1 Å². The van der Waals surface area contributed by atoms with Gasteiger partial charge in [0.25, 0.3) is 11.8 Å². The molecule has 184 valence electrons. The van der Waals surface area contributed by atoms with Gasteiger partial charge < -0.3 is 14.8 Å². The number of nitrogens with one attached hydrogen (secondary N) is 2. The summed E-state index contributed by atoms with van der Waals surface area (Å²) in [5, 5.41) is 19.8. The Kier molecular flexibility index (Phi) is 8.62. The Bertz CT molecular complexity index is 1340. The van der Waals surface area contributed by atoms with E-state index in [4.69, 9.17) is 9.47 Å². The summed E-state index contributed by atoms with van der Waals surface area (Å²) in [6.45, 7) is 1.15. The van der Waals surface area contributed by atoms with Crippen molar-refractivity contribution in [2.24, 2.45) is 5.10 Å². The van der Waals surface area contributed by atoms with Crippen LogP contribution in [0, 0.1) is 10.1 Å². The van der Waals surface area contributed by atoms with E-state index in [2.05, 4.69) is 15.8 Å². The van der Waals surface area contributed by atoms with Crippen molar-refractivity contribution in [2.75, 3.05) is 7.11 Å². The number of esters is 1. The van der Waals surface area contributed by atoms with E-state index in [9.17, 15) is 24.5 Å². The molecule has 0 unspecified atom stereocenters. The van der Waals surface area contributed by atoms with Gasteiger partial charge in [-0.25, -0.2) is 5.43 Å². The van der Waals surface area contributed by atoms with Crippen LogP contribution in [0.25, 0.3) is 6.08 Å². The zero-order valence-corrected chi connectivity index (χ0v) is 19.9. The van der Waals surface area contributed by atoms with Crippen LogP contribution in [-0.2, 0) is 9.59 Å². The van der Waals surface area contributed by atoms with Gasteiger partial charge in [-0.2, -0.15) is 5.10 Å². The SMILES string of the molecule is COc1c(OC(C)=O)ccc(C=NNC(=O)C(=Cc2cccs2)NC(=O)c2ccccc2)c1[N+](=O)[O-]. The fourth-order valence-electron chi connectivity index (χ4n) is 2.97. The molecule has 0 aliphatic carbocycles. The molecule has 2 N–H and O–H groups in total. The van der Waals surface area contributed by atoms with E-state index in [0.717, 1.165) is 13.1 Å². The van der Waals surface area contributed by atoms with Crippen LogP contribution in [0.4, 0.5) is 5.69 Å². The summed E-state index contributed by atoms with van der Waals surface area (Å²) in [7, 11) is 1.19. The van der Waals surface area contributed by atoms with Gasteiger partial charge in [-0.05, 0) is 41.8 Å². The number of ether oxygens (including phenoxy) is 2. The van der Waals surface area contributed by atoms with Gasteiger partial charge in [-0.1, -0.05) is 24.3 Å². The highest BCUT2D eigenvalue weighted by molar-refractivity contribution is 7.10. The molecule has 2 aromatic carbocycles. The number of carbonyl (C=O) groups is 3. The number of nitrogens with zero attached hydrogens (tertiary/aromatic N) is 2. The Balaban J connectivity index is 1.85. The summed E-state index contributed by atoms with van der Waals surface area (Å²) in [6, 6.07) is 14.5. The lowest BCUT2D eigenvalue weighted by Crippen LogP contribution is -2.32. The number of amides is 2. The highest BCUT2D eigenvalue weighted by atomic mass is 32.1. The smallest absolute Gasteiger partial charge is 0.323 e. The minimum absolute atomic E-state index is 0.0230. The number of carbonyl (C=O) groups excluding carboxylic acids is 3. The van der Waals surface area contributed by atoms with Crippen molar-refractivity contribution in [3.05, 3.63) is 91.8 Å². The van der Waals surface area contributed by atoms with E-state index in [0.29, 0.717) is 10.4 Å². The number of thiophene rings is 1. The molecule has 2 amide bonds. The maximum atomic E-state index is 12.8. The molecule has 0 atom stereocenters. The van der Waals surface area contributed by atoms with Gasteiger partial charge >= 0.3 is 11.7 Å². The summed E-state index contributed by atoms with van der Waals surface area (Å²) < 4.78 is 10.0. The molecule has 0 aliphatic rings. The lowest BCUT2D eigenvalue weighted by Gasteiger charge is -2.10. The predicted octanol–water partition coefficient (Wildman–Crippen LogP) is 3.51. The van der Waals surface area contributed by atoms with Crippen LogP contribution in [0.5, 0.6) is 11.5 Å². The fourth-order valence-corrected chi connectivity index (χ4v) is 3.63. The average molecular weight is 509 g/mol.